The van der Waals surface area contributed by atoms with E-state index in [0.29, 0.717) is 33.9 Å². The van der Waals surface area contributed by atoms with Crippen molar-refractivity contribution in [3.8, 4) is 17.2 Å². The topological polar surface area (TPSA) is 95.8 Å². The lowest BCUT2D eigenvalue weighted by atomic mass is 9.97. The van der Waals surface area contributed by atoms with E-state index >= 15 is 0 Å². The van der Waals surface area contributed by atoms with Crippen molar-refractivity contribution in [1.29, 1.82) is 0 Å². The van der Waals surface area contributed by atoms with Gasteiger partial charge in [0.15, 0.2) is 20.4 Å². The normalized spacial score (nSPS) is 11.9. The average Bonchev–Trinajstić information content (AvgIpc) is 2.73. The van der Waals surface area contributed by atoms with Gasteiger partial charge in [-0.15, -0.1) is 0 Å². The van der Waals surface area contributed by atoms with Crippen molar-refractivity contribution in [2.45, 2.75) is 12.7 Å². The van der Waals surface area contributed by atoms with Gasteiger partial charge in [0.25, 0.3) is 0 Å². The van der Waals surface area contributed by atoms with E-state index in [1.807, 2.05) is 0 Å². The number of hydrogen-bond acceptors (Lipinski definition) is 8. The maximum absolute atomic E-state index is 11.2. The van der Waals surface area contributed by atoms with Crippen LogP contribution in [-0.4, -0.2) is 51.9 Å². The van der Waals surface area contributed by atoms with Gasteiger partial charge in [-0.2, -0.15) is 0 Å². The lowest BCUT2D eigenvalue weighted by Crippen LogP contribution is -2.12. The van der Waals surface area contributed by atoms with Gasteiger partial charge >= 0.3 is 0 Å². The van der Waals surface area contributed by atoms with Crippen LogP contribution in [0.4, 0.5) is 0 Å². The van der Waals surface area contributed by atoms with Crippen LogP contribution in [0.3, 0.4) is 0 Å². The molecule has 1 unspecified atom stereocenters. The first-order chi connectivity index (χ1) is 13.7. The molecule has 0 aliphatic rings. The van der Waals surface area contributed by atoms with Crippen LogP contribution in [0.15, 0.2) is 36.4 Å². The minimum absolute atomic E-state index is 0.0350. The summed E-state index contributed by atoms with van der Waals surface area (Å²) in [6.07, 6.45) is -1.14. The smallest absolute Gasteiger partial charge is 0.188 e. The van der Waals surface area contributed by atoms with Crippen LogP contribution >= 0.6 is 0 Å². The highest BCUT2D eigenvalue weighted by atomic mass is 16.7. The van der Waals surface area contributed by atoms with Gasteiger partial charge in [0, 0.05) is 26.9 Å². The molecule has 8 nitrogen and oxygen atoms in total. The molecule has 0 aromatic heterocycles. The average molecular weight is 394 g/mol. The van der Waals surface area contributed by atoms with E-state index in [1.165, 1.54) is 21.3 Å². The van der Waals surface area contributed by atoms with Crippen LogP contribution in [0.1, 0.15) is 22.8 Å². The zero-order chi connectivity index (χ0) is 20.4. The minimum Gasteiger partial charge on any atom is -0.467 e. The van der Waals surface area contributed by atoms with E-state index in [2.05, 4.69) is 0 Å². The molecule has 2 aromatic carbocycles. The third-order valence-corrected chi connectivity index (χ3v) is 3.83. The van der Waals surface area contributed by atoms with Gasteiger partial charge in [-0.1, -0.05) is 18.2 Å². The summed E-state index contributed by atoms with van der Waals surface area (Å²) in [5.41, 5.74) is 1.41. The fourth-order valence-corrected chi connectivity index (χ4v) is 2.62. The van der Waals surface area contributed by atoms with Crippen LogP contribution in [0, 0.1) is 0 Å². The zero-order valence-corrected chi connectivity index (χ0v) is 16.2. The van der Waals surface area contributed by atoms with E-state index < -0.39 is 6.10 Å². The molecule has 28 heavy (non-hydrogen) atoms. The Morgan fingerprint density at radius 2 is 1.29 bits per heavy atom. The van der Waals surface area contributed by atoms with Crippen molar-refractivity contribution in [3.05, 3.63) is 53.1 Å². The summed E-state index contributed by atoms with van der Waals surface area (Å²) in [6.45, 7) is -0.274. The van der Waals surface area contributed by atoms with Crippen molar-refractivity contribution in [2.75, 3.05) is 41.7 Å². The Morgan fingerprint density at radius 3 is 1.79 bits per heavy atom. The van der Waals surface area contributed by atoms with Gasteiger partial charge in [-0.25, -0.2) is 0 Å². The Balaban J connectivity index is 2.54. The monoisotopic (exact) mass is 394 g/mol. The number of ether oxygens (including phenoxy) is 6. The molecule has 0 saturated heterocycles. The molecule has 0 bridgehead atoms. The number of benzene rings is 2. The van der Waals surface area contributed by atoms with Crippen LogP contribution in [0.5, 0.6) is 17.2 Å². The molecule has 0 amide bonds. The van der Waals surface area contributed by atoms with Gasteiger partial charge in [-0.3, -0.25) is 0 Å². The maximum atomic E-state index is 11.2. The maximum Gasteiger partial charge on any atom is 0.188 e. The molecule has 0 aliphatic heterocycles. The summed E-state index contributed by atoms with van der Waals surface area (Å²) in [5.74, 6) is 1.08. The summed E-state index contributed by atoms with van der Waals surface area (Å²) < 4.78 is 31.8. The van der Waals surface area contributed by atoms with Crippen molar-refractivity contribution >= 4 is 0 Å². The molecule has 2 rings (SSSR count). The lowest BCUT2D eigenvalue weighted by molar-refractivity contribution is 0.0401. The number of rotatable bonds is 12. The molecule has 2 N–H and O–H groups in total. The number of hydrogen-bond donors (Lipinski definition) is 2. The number of para-hydroxylation sites is 1. The van der Waals surface area contributed by atoms with Gasteiger partial charge in [0.1, 0.15) is 23.4 Å². The molecule has 0 saturated carbocycles. The predicted molar refractivity (Wildman–Crippen MR) is 100 cm³/mol. The third-order valence-electron chi connectivity index (χ3n) is 3.83. The summed E-state index contributed by atoms with van der Waals surface area (Å²) in [7, 11) is 4.49. The Labute approximate surface area is 164 Å². The van der Waals surface area contributed by atoms with Gasteiger partial charge in [-0.05, 0) is 23.8 Å². The van der Waals surface area contributed by atoms with Crippen molar-refractivity contribution in [1.82, 2.24) is 0 Å². The summed E-state index contributed by atoms with van der Waals surface area (Å²) in [5, 5.41) is 20.7. The van der Waals surface area contributed by atoms with Gasteiger partial charge < -0.3 is 38.6 Å². The van der Waals surface area contributed by atoms with E-state index in [9.17, 15) is 10.2 Å². The van der Waals surface area contributed by atoms with Gasteiger partial charge in [0.05, 0.1) is 12.2 Å². The first-order valence-corrected chi connectivity index (χ1v) is 8.56. The van der Waals surface area contributed by atoms with Crippen molar-refractivity contribution in [3.63, 3.8) is 0 Å². The second-order valence-electron chi connectivity index (χ2n) is 5.76. The van der Waals surface area contributed by atoms with Gasteiger partial charge in [0.2, 0.25) is 0 Å². The van der Waals surface area contributed by atoms with E-state index in [4.69, 9.17) is 28.4 Å². The number of aliphatic hydroxyl groups is 2. The first-order valence-electron chi connectivity index (χ1n) is 8.56. The van der Waals surface area contributed by atoms with E-state index in [1.54, 1.807) is 36.4 Å². The Morgan fingerprint density at radius 1 is 0.786 bits per heavy atom. The molecule has 154 valence electrons. The molecule has 0 radical (unpaired) electrons. The molecular weight excluding hydrogens is 368 g/mol. The Hall–Kier alpha value is -2.36. The largest absolute Gasteiger partial charge is 0.467 e. The second kappa shape index (κ2) is 11.5. The molecule has 0 aliphatic carbocycles. The minimum atomic E-state index is -1.14. The highest BCUT2D eigenvalue weighted by Gasteiger charge is 2.25. The Bertz CT molecular complexity index is 705. The van der Waals surface area contributed by atoms with Crippen LogP contribution in [0.25, 0.3) is 0 Å². The van der Waals surface area contributed by atoms with Crippen LogP contribution in [0.2, 0.25) is 0 Å². The van der Waals surface area contributed by atoms with Crippen molar-refractivity contribution < 1.29 is 38.6 Å². The molecule has 8 heteroatoms. The van der Waals surface area contributed by atoms with E-state index in [-0.39, 0.29) is 27.0 Å². The zero-order valence-electron chi connectivity index (χ0n) is 16.2. The fraction of sp³-hybridized carbons (Fsp3) is 0.400. The van der Waals surface area contributed by atoms with E-state index in [0.717, 1.165) is 0 Å². The number of methoxy groups -OCH3 is 3. The molecule has 0 fully saturated rings. The summed E-state index contributed by atoms with van der Waals surface area (Å²) in [6, 6.07) is 10.3. The molecule has 0 spiro atoms. The quantitative estimate of drug-likeness (QED) is 0.529. The molecular formula is C20H26O8. The SMILES string of the molecule is COCOc1ccccc1C(O)c1c(OCOC)cc(CO)cc1OCOC. The first kappa shape index (κ1) is 21.9. The fourth-order valence-electron chi connectivity index (χ4n) is 2.62. The summed E-state index contributed by atoms with van der Waals surface area (Å²) in [4.78, 5) is 0. The highest BCUT2D eigenvalue weighted by molar-refractivity contribution is 5.54. The predicted octanol–water partition coefficient (Wildman–Crippen LogP) is 2.21. The number of aliphatic hydroxyl groups excluding tert-OH is 2. The highest BCUT2D eigenvalue weighted by Crippen LogP contribution is 2.41. The molecule has 1 atom stereocenters. The lowest BCUT2D eigenvalue weighted by Gasteiger charge is -2.22. The standard InChI is InChI=1S/C20H26O8/c1-23-11-26-16-7-5-4-6-15(16)20(22)19-17(27-12-24-2)8-14(10-21)9-18(19)28-13-25-3/h4-9,20-22H,10-13H2,1-3H3. The van der Waals surface area contributed by atoms with Crippen LogP contribution < -0.4 is 14.2 Å². The van der Waals surface area contributed by atoms with Crippen molar-refractivity contribution in [2.24, 2.45) is 0 Å². The second-order valence-corrected chi connectivity index (χ2v) is 5.76. The molecule has 2 aromatic rings. The Kier molecular flexibility index (Phi) is 8.99. The summed E-state index contributed by atoms with van der Waals surface area (Å²) >= 11 is 0. The molecule has 0 heterocycles. The van der Waals surface area contributed by atoms with Crippen LogP contribution in [-0.2, 0) is 20.8 Å². The third kappa shape index (κ3) is 5.57.